The number of imide groups is 1. The number of hydrogen-bond acceptors (Lipinski definition) is 5. The molecule has 8 heteroatoms. The first-order valence-electron chi connectivity index (χ1n) is 11.0. The van der Waals surface area contributed by atoms with Gasteiger partial charge in [-0.25, -0.2) is 4.90 Å². The van der Waals surface area contributed by atoms with Crippen LogP contribution in [0.5, 0.6) is 0 Å². The highest BCUT2D eigenvalue weighted by molar-refractivity contribution is 6.37. The second-order valence-corrected chi connectivity index (χ2v) is 9.83. The van der Waals surface area contributed by atoms with Crippen LogP contribution in [0, 0.1) is 18.8 Å². The van der Waals surface area contributed by atoms with Crippen molar-refractivity contribution < 1.29 is 23.9 Å². The second-order valence-electron chi connectivity index (χ2n) is 8.98. The number of fused-ring (bicyclic) bond motifs is 3. The topological polar surface area (TPSA) is 80.8 Å². The molecule has 0 unspecified atom stereocenters. The van der Waals surface area contributed by atoms with Gasteiger partial charge >= 0.3 is 0 Å². The van der Waals surface area contributed by atoms with E-state index < -0.39 is 46.9 Å². The van der Waals surface area contributed by atoms with Crippen LogP contribution in [0.4, 0.5) is 5.69 Å². The zero-order valence-corrected chi connectivity index (χ0v) is 19.8. The Morgan fingerprint density at radius 3 is 2.14 bits per heavy atom. The number of benzene rings is 3. The van der Waals surface area contributed by atoms with Gasteiger partial charge in [0.15, 0.2) is 0 Å². The Morgan fingerprint density at radius 1 is 0.829 bits per heavy atom. The molecule has 3 atom stereocenters. The Labute approximate surface area is 210 Å². The normalized spacial score (nSPS) is 24.4. The molecule has 1 aliphatic carbocycles. The summed E-state index contributed by atoms with van der Waals surface area (Å²) in [4.78, 5) is 56.2. The van der Waals surface area contributed by atoms with Gasteiger partial charge in [-0.1, -0.05) is 65.7 Å². The van der Waals surface area contributed by atoms with Crippen molar-refractivity contribution in [3.05, 3.63) is 99.0 Å². The van der Waals surface area contributed by atoms with Crippen LogP contribution in [0.2, 0.25) is 10.0 Å². The lowest BCUT2D eigenvalue weighted by molar-refractivity contribution is -0.127. The summed E-state index contributed by atoms with van der Waals surface area (Å²) in [5.41, 5.74) is -0.202. The lowest BCUT2D eigenvalue weighted by Gasteiger charge is -2.27. The Bertz CT molecular complexity index is 1450. The van der Waals surface area contributed by atoms with Crippen molar-refractivity contribution in [2.45, 2.75) is 18.6 Å². The number of rotatable bonds is 2. The number of hydrogen-bond donors (Lipinski definition) is 0. The van der Waals surface area contributed by atoms with Crippen LogP contribution in [0.1, 0.15) is 37.9 Å². The molecule has 2 amide bonds. The fourth-order valence-electron chi connectivity index (χ4n) is 5.48. The van der Waals surface area contributed by atoms with E-state index in [1.165, 1.54) is 18.2 Å². The van der Waals surface area contributed by atoms with Gasteiger partial charge in [0, 0.05) is 21.2 Å². The maximum atomic E-state index is 13.9. The zero-order valence-electron chi connectivity index (χ0n) is 18.3. The molecule has 6 rings (SSSR count). The lowest BCUT2D eigenvalue weighted by atomic mass is 9.77. The molecule has 2 heterocycles. The predicted octanol–water partition coefficient (Wildman–Crippen LogP) is 5.00. The van der Waals surface area contributed by atoms with Gasteiger partial charge in [-0.15, -0.1) is 0 Å². The average molecular weight is 506 g/mol. The number of nitrogens with zero attached hydrogens (tertiary/aromatic N) is 1. The Balaban J connectivity index is 1.55. The molecular weight excluding hydrogens is 489 g/mol. The van der Waals surface area contributed by atoms with Gasteiger partial charge in [-0.3, -0.25) is 19.2 Å². The van der Waals surface area contributed by atoms with E-state index in [0.717, 1.165) is 10.5 Å². The lowest BCUT2D eigenvalue weighted by Crippen LogP contribution is -2.51. The third-order valence-electron chi connectivity index (χ3n) is 7.11. The zero-order chi connectivity index (χ0) is 24.6. The number of halogens is 2. The maximum Gasteiger partial charge on any atom is 0.241 e. The van der Waals surface area contributed by atoms with Crippen LogP contribution in [0.25, 0.3) is 0 Å². The Morgan fingerprint density at radius 2 is 1.51 bits per heavy atom. The van der Waals surface area contributed by atoms with Gasteiger partial charge in [-0.05, 0) is 42.3 Å². The second kappa shape index (κ2) is 7.59. The number of aryl methyl sites for hydroxylation is 1. The van der Waals surface area contributed by atoms with E-state index >= 15 is 0 Å². The van der Waals surface area contributed by atoms with Crippen LogP contribution >= 0.6 is 23.2 Å². The molecule has 0 bridgehead atoms. The molecule has 0 radical (unpaired) electrons. The molecule has 174 valence electrons. The minimum absolute atomic E-state index is 0.181. The predicted molar refractivity (Wildman–Crippen MR) is 129 cm³/mol. The molecule has 3 aromatic carbocycles. The maximum absolute atomic E-state index is 13.9. The van der Waals surface area contributed by atoms with E-state index in [1.807, 2.05) is 0 Å². The number of ether oxygens (including phenoxy) is 1. The molecule has 6 nitrogen and oxygen atoms in total. The molecule has 3 aliphatic rings. The third kappa shape index (κ3) is 2.88. The fraction of sp³-hybridized carbons (Fsp3) is 0.185. The minimum atomic E-state index is -2.13. The highest BCUT2D eigenvalue weighted by atomic mass is 35.5. The number of carbonyl (C=O) groups excluding carboxylic acids is 4. The first-order chi connectivity index (χ1) is 16.8. The van der Waals surface area contributed by atoms with Gasteiger partial charge in [-0.2, -0.15) is 0 Å². The van der Waals surface area contributed by atoms with Gasteiger partial charge < -0.3 is 4.74 Å². The minimum Gasteiger partial charge on any atom is -0.349 e. The number of amides is 2. The summed E-state index contributed by atoms with van der Waals surface area (Å²) >= 11 is 12.5. The molecule has 2 fully saturated rings. The van der Waals surface area contributed by atoms with Crippen molar-refractivity contribution in [3.8, 4) is 0 Å². The van der Waals surface area contributed by atoms with Gasteiger partial charge in [0.1, 0.15) is 0 Å². The molecule has 35 heavy (non-hydrogen) atoms. The van der Waals surface area contributed by atoms with Crippen LogP contribution in [-0.4, -0.2) is 29.0 Å². The number of Topliss-reactive ketones (excluding diaryl/α,β-unsaturated/α-hetero) is 2. The Kier molecular flexibility index (Phi) is 4.81. The van der Waals surface area contributed by atoms with Crippen molar-refractivity contribution in [1.82, 2.24) is 0 Å². The molecule has 0 N–H and O–H groups in total. The SMILES string of the molecule is Cc1ccc(N2C(=O)[C@H]3[C@@H](c4cccc(Cl)c4)OC4(C(=O)c5ccccc5C4=O)[C@@H]3C2=O)cc1Cl. The van der Waals surface area contributed by atoms with Crippen molar-refractivity contribution in [2.24, 2.45) is 11.8 Å². The van der Waals surface area contributed by atoms with E-state index in [9.17, 15) is 19.2 Å². The van der Waals surface area contributed by atoms with Gasteiger partial charge in [0.2, 0.25) is 29.0 Å². The van der Waals surface area contributed by atoms with Crippen LogP contribution in [-0.2, 0) is 14.3 Å². The van der Waals surface area contributed by atoms with Gasteiger partial charge in [0.05, 0.1) is 23.6 Å². The standard InChI is InChI=1S/C27H17Cl2NO5/c1-13-9-10-16(12-19(13)29)30-25(33)20-21(26(30)34)27(35-22(20)14-5-4-6-15(28)11-14)23(31)17-7-2-3-8-18(17)24(27)32/h2-12,20-22H,1H3/t20-,21+,22-/m1/s1. The quantitative estimate of drug-likeness (QED) is 0.361. The average Bonchev–Trinajstić information content (AvgIpc) is 3.41. The van der Waals surface area contributed by atoms with Crippen LogP contribution in [0.15, 0.2) is 66.7 Å². The summed E-state index contributed by atoms with van der Waals surface area (Å²) in [7, 11) is 0. The van der Waals surface area contributed by atoms with E-state index in [-0.39, 0.29) is 16.8 Å². The Hall–Kier alpha value is -3.32. The monoisotopic (exact) mass is 505 g/mol. The molecule has 3 aromatic rings. The van der Waals surface area contributed by atoms with E-state index in [2.05, 4.69) is 0 Å². The summed E-state index contributed by atoms with van der Waals surface area (Å²) in [5, 5.41) is 0.785. The number of carbonyl (C=O) groups is 4. The molecule has 2 aliphatic heterocycles. The first-order valence-corrected chi connectivity index (χ1v) is 11.8. The molecule has 2 saturated heterocycles. The van der Waals surface area contributed by atoms with Crippen molar-refractivity contribution in [2.75, 3.05) is 4.90 Å². The van der Waals surface area contributed by atoms with Crippen molar-refractivity contribution in [1.29, 1.82) is 0 Å². The van der Waals surface area contributed by atoms with E-state index in [4.69, 9.17) is 27.9 Å². The number of ketones is 2. The van der Waals surface area contributed by atoms with Gasteiger partial charge in [0.25, 0.3) is 0 Å². The van der Waals surface area contributed by atoms with Crippen molar-refractivity contribution >= 4 is 52.3 Å². The highest BCUT2D eigenvalue weighted by Crippen LogP contribution is 2.57. The summed E-state index contributed by atoms with van der Waals surface area (Å²) in [6, 6.07) is 17.9. The molecular formula is C27H17Cl2NO5. The van der Waals surface area contributed by atoms with Crippen LogP contribution in [0.3, 0.4) is 0 Å². The van der Waals surface area contributed by atoms with E-state index in [0.29, 0.717) is 15.6 Å². The summed E-state index contributed by atoms with van der Waals surface area (Å²) in [6.07, 6.45) is -1.02. The molecule has 0 aromatic heterocycles. The smallest absolute Gasteiger partial charge is 0.241 e. The summed E-state index contributed by atoms with van der Waals surface area (Å²) in [5.74, 6) is -4.86. The number of anilines is 1. The molecule has 1 spiro atoms. The van der Waals surface area contributed by atoms with E-state index in [1.54, 1.807) is 55.5 Å². The largest absolute Gasteiger partial charge is 0.349 e. The molecule has 0 saturated carbocycles. The fourth-order valence-corrected chi connectivity index (χ4v) is 5.85. The third-order valence-corrected chi connectivity index (χ3v) is 7.75. The summed E-state index contributed by atoms with van der Waals surface area (Å²) in [6.45, 7) is 1.81. The van der Waals surface area contributed by atoms with Crippen LogP contribution < -0.4 is 4.90 Å². The summed E-state index contributed by atoms with van der Waals surface area (Å²) < 4.78 is 6.24. The first kappa shape index (κ1) is 22.2. The van der Waals surface area contributed by atoms with Crippen molar-refractivity contribution in [3.63, 3.8) is 0 Å². The highest BCUT2D eigenvalue weighted by Gasteiger charge is 2.74.